The van der Waals surface area contributed by atoms with E-state index in [4.69, 9.17) is 5.11 Å². The summed E-state index contributed by atoms with van der Waals surface area (Å²) in [5.41, 5.74) is 0. The molecular formula is C5H9NaO2. The topological polar surface area (TPSA) is 37.3 Å². The van der Waals surface area contributed by atoms with Gasteiger partial charge in [-0.25, -0.2) is 0 Å². The average molecular weight is 124 g/mol. The van der Waals surface area contributed by atoms with Crippen LogP contribution in [0, 0.1) is 6.42 Å². The van der Waals surface area contributed by atoms with Gasteiger partial charge in [-0.2, -0.15) is 6.42 Å². The maximum absolute atomic E-state index is 9.70. The van der Waals surface area contributed by atoms with Crippen molar-refractivity contribution in [1.29, 1.82) is 0 Å². The molecule has 0 aliphatic heterocycles. The molecule has 1 N–H and O–H groups in total. The predicted octanol–water partition coefficient (Wildman–Crippen LogP) is -1.92. The molecular weight excluding hydrogens is 115 g/mol. The third kappa shape index (κ3) is 9.60. The van der Waals surface area contributed by atoms with E-state index in [9.17, 15) is 4.79 Å². The summed E-state index contributed by atoms with van der Waals surface area (Å²) in [6.45, 7) is 1.94. The minimum absolute atomic E-state index is 0. The molecule has 0 fully saturated rings. The molecule has 0 unspecified atom stereocenters. The van der Waals surface area contributed by atoms with E-state index < -0.39 is 5.97 Å². The average Bonchev–Trinajstić information content (AvgIpc) is 1.61. The molecule has 0 aromatic carbocycles. The number of unbranched alkanes of at least 4 members (excludes halogenated alkanes) is 1. The molecule has 2 nitrogen and oxygen atoms in total. The van der Waals surface area contributed by atoms with Gasteiger partial charge >= 0.3 is 29.6 Å². The van der Waals surface area contributed by atoms with Crippen molar-refractivity contribution in [2.45, 2.75) is 19.8 Å². The van der Waals surface area contributed by atoms with Crippen molar-refractivity contribution in [3.8, 4) is 0 Å². The Labute approximate surface area is 71.6 Å². The van der Waals surface area contributed by atoms with Gasteiger partial charge in [-0.15, -0.1) is 0 Å². The van der Waals surface area contributed by atoms with E-state index in [0.29, 0.717) is 6.42 Å². The van der Waals surface area contributed by atoms with Gasteiger partial charge in [0.05, 0.1) is 0 Å². The number of carboxylic acids is 1. The molecule has 0 aromatic rings. The molecule has 3 heteroatoms. The fourth-order valence-corrected chi connectivity index (χ4v) is 0.268. The van der Waals surface area contributed by atoms with E-state index in [1.165, 1.54) is 6.42 Å². The van der Waals surface area contributed by atoms with Crippen molar-refractivity contribution in [1.82, 2.24) is 0 Å². The van der Waals surface area contributed by atoms with E-state index in [2.05, 4.69) is 0 Å². The van der Waals surface area contributed by atoms with Gasteiger partial charge in [-0.3, -0.25) is 11.2 Å². The molecule has 0 saturated heterocycles. The SMILES string of the molecule is CCC[CH-]C(=O)O.[Na+]. The third-order valence-corrected chi connectivity index (χ3v) is 0.608. The number of carboxylic acid groups (broad SMARTS) is 1. The van der Waals surface area contributed by atoms with Crippen LogP contribution in [0.25, 0.3) is 0 Å². The van der Waals surface area contributed by atoms with Crippen LogP contribution in [0.2, 0.25) is 0 Å². The molecule has 0 radical (unpaired) electrons. The predicted molar refractivity (Wildman–Crippen MR) is 26.8 cm³/mol. The Balaban J connectivity index is 0. The molecule has 0 aliphatic rings. The summed E-state index contributed by atoms with van der Waals surface area (Å²) in [6, 6.07) is 0. The summed E-state index contributed by atoms with van der Waals surface area (Å²) in [4.78, 5) is 9.70. The summed E-state index contributed by atoms with van der Waals surface area (Å²) in [7, 11) is 0. The van der Waals surface area contributed by atoms with Crippen LogP contribution in [0.5, 0.6) is 0 Å². The largest absolute Gasteiger partial charge is 1.00 e. The third-order valence-electron chi connectivity index (χ3n) is 0.608. The van der Waals surface area contributed by atoms with Crippen LogP contribution < -0.4 is 29.6 Å². The molecule has 0 atom stereocenters. The molecule has 42 valence electrons. The Morgan fingerprint density at radius 3 is 2.38 bits per heavy atom. The zero-order chi connectivity index (χ0) is 5.70. The first-order valence-electron chi connectivity index (χ1n) is 2.33. The second-order valence-corrected chi connectivity index (χ2v) is 1.33. The second kappa shape index (κ2) is 7.34. The van der Waals surface area contributed by atoms with Crippen molar-refractivity contribution in [3.05, 3.63) is 6.42 Å². The molecule has 0 aromatic heterocycles. The van der Waals surface area contributed by atoms with E-state index in [-0.39, 0.29) is 29.6 Å². The van der Waals surface area contributed by atoms with Crippen LogP contribution in [0.4, 0.5) is 0 Å². The normalized spacial score (nSPS) is 7.12. The van der Waals surface area contributed by atoms with Gasteiger partial charge in [-0.05, 0) is 0 Å². The molecule has 0 rings (SSSR count). The van der Waals surface area contributed by atoms with Gasteiger partial charge < -0.3 is 5.11 Å². The van der Waals surface area contributed by atoms with Crippen LogP contribution in [0.15, 0.2) is 0 Å². The van der Waals surface area contributed by atoms with Crippen molar-refractivity contribution in [2.24, 2.45) is 0 Å². The minimum Gasteiger partial charge on any atom is -0.503 e. The van der Waals surface area contributed by atoms with E-state index in [1.54, 1.807) is 0 Å². The molecule has 0 amide bonds. The van der Waals surface area contributed by atoms with Crippen LogP contribution in [-0.4, -0.2) is 11.1 Å². The Hall–Kier alpha value is 0.340. The van der Waals surface area contributed by atoms with Crippen LogP contribution in [0.1, 0.15) is 19.8 Å². The monoisotopic (exact) mass is 124 g/mol. The Bertz CT molecular complexity index is 63.4. The van der Waals surface area contributed by atoms with Gasteiger partial charge in [0.25, 0.3) is 0 Å². The molecule has 0 saturated carbocycles. The maximum atomic E-state index is 9.70. The van der Waals surface area contributed by atoms with E-state index in [1.807, 2.05) is 6.92 Å². The van der Waals surface area contributed by atoms with Gasteiger partial charge in [0.15, 0.2) is 5.97 Å². The van der Waals surface area contributed by atoms with Crippen molar-refractivity contribution >= 4 is 5.97 Å². The fraction of sp³-hybridized carbons (Fsp3) is 0.600. The number of hydrogen-bond acceptors (Lipinski definition) is 1. The van der Waals surface area contributed by atoms with Gasteiger partial charge in [0.2, 0.25) is 0 Å². The first-order chi connectivity index (χ1) is 3.27. The minimum atomic E-state index is -0.818. The summed E-state index contributed by atoms with van der Waals surface area (Å²) in [6.07, 6.45) is 2.85. The summed E-state index contributed by atoms with van der Waals surface area (Å²) in [5.74, 6) is -0.818. The molecule has 0 heterocycles. The number of aliphatic carboxylic acids is 1. The Morgan fingerprint density at radius 2 is 2.25 bits per heavy atom. The first kappa shape index (κ1) is 11.2. The standard InChI is InChI=1S/C5H9O2.Na/c1-2-3-4-5(6)7;/h4H,2-3H2,1H3,(H,6,7);/q-1;+1. The quantitative estimate of drug-likeness (QED) is 0.352. The molecule has 0 aliphatic carbocycles. The zero-order valence-electron chi connectivity index (χ0n) is 5.35. The Morgan fingerprint density at radius 1 is 1.75 bits per heavy atom. The fourth-order valence-electron chi connectivity index (χ4n) is 0.268. The summed E-state index contributed by atoms with van der Waals surface area (Å²) >= 11 is 0. The van der Waals surface area contributed by atoms with Gasteiger partial charge in [0, 0.05) is 0 Å². The van der Waals surface area contributed by atoms with Crippen molar-refractivity contribution < 1.29 is 39.5 Å². The Kier molecular flexibility index (Phi) is 10.3. The van der Waals surface area contributed by atoms with E-state index in [0.717, 1.165) is 6.42 Å². The number of hydrogen-bond donors (Lipinski definition) is 1. The smallest absolute Gasteiger partial charge is 0.503 e. The van der Waals surface area contributed by atoms with Gasteiger partial charge in [0.1, 0.15) is 0 Å². The second-order valence-electron chi connectivity index (χ2n) is 1.33. The van der Waals surface area contributed by atoms with Crippen LogP contribution in [-0.2, 0) is 4.79 Å². The van der Waals surface area contributed by atoms with E-state index >= 15 is 0 Å². The molecule has 0 bridgehead atoms. The maximum Gasteiger partial charge on any atom is 1.00 e. The van der Waals surface area contributed by atoms with Crippen molar-refractivity contribution in [2.75, 3.05) is 0 Å². The number of rotatable bonds is 3. The van der Waals surface area contributed by atoms with Crippen LogP contribution >= 0.6 is 0 Å². The summed E-state index contributed by atoms with van der Waals surface area (Å²) < 4.78 is 0. The van der Waals surface area contributed by atoms with Crippen molar-refractivity contribution in [3.63, 3.8) is 0 Å². The van der Waals surface area contributed by atoms with Crippen LogP contribution in [0.3, 0.4) is 0 Å². The van der Waals surface area contributed by atoms with Gasteiger partial charge in [-0.1, -0.05) is 13.3 Å². The zero-order valence-corrected chi connectivity index (χ0v) is 7.35. The summed E-state index contributed by atoms with van der Waals surface area (Å²) in [5, 5.41) is 7.99. The number of carbonyl (C=O) groups is 1. The molecule has 8 heavy (non-hydrogen) atoms. The first-order valence-corrected chi connectivity index (χ1v) is 2.33. The molecule has 0 spiro atoms.